The fraction of sp³-hybridized carbons (Fsp3) is 0.368. The van der Waals surface area contributed by atoms with Gasteiger partial charge in [-0.05, 0) is 98.2 Å². The highest BCUT2D eigenvalue weighted by molar-refractivity contribution is 5.91. The third-order valence-corrected chi connectivity index (χ3v) is 8.29. The van der Waals surface area contributed by atoms with E-state index >= 15 is 0 Å². The van der Waals surface area contributed by atoms with Crippen LogP contribution in [-0.4, -0.2) is 45.0 Å². The van der Waals surface area contributed by atoms with Gasteiger partial charge in [-0.25, -0.2) is 14.4 Å². The maximum Gasteiger partial charge on any atom is 0.343 e. The number of carbonyl (C=O) groups excluding carboxylic acids is 4. The molecule has 10 heteroatoms. The molecular formula is C38H43NO9. The van der Waals surface area contributed by atoms with Crippen molar-refractivity contribution >= 4 is 30.1 Å². The highest BCUT2D eigenvalue weighted by atomic mass is 16.7. The van der Waals surface area contributed by atoms with Gasteiger partial charge in [-0.1, -0.05) is 51.1 Å². The highest BCUT2D eigenvalue weighted by Gasteiger charge is 2.40. The summed E-state index contributed by atoms with van der Waals surface area (Å²) in [5.41, 5.74) is 0.887. The lowest BCUT2D eigenvalue weighted by Crippen LogP contribution is -2.37. The number of ether oxygens (including phenoxy) is 5. The first-order valence-corrected chi connectivity index (χ1v) is 15.4. The molecular weight excluding hydrogens is 614 g/mol. The van der Waals surface area contributed by atoms with Crippen molar-refractivity contribution in [1.82, 2.24) is 0 Å². The van der Waals surface area contributed by atoms with Crippen molar-refractivity contribution < 1.29 is 42.9 Å². The van der Waals surface area contributed by atoms with E-state index in [0.29, 0.717) is 29.9 Å². The van der Waals surface area contributed by atoms with E-state index in [-0.39, 0.29) is 24.1 Å². The Morgan fingerprint density at radius 2 is 1.56 bits per heavy atom. The Morgan fingerprint density at radius 3 is 2.19 bits per heavy atom. The normalized spacial score (nSPS) is 12.8. The van der Waals surface area contributed by atoms with E-state index in [0.717, 1.165) is 11.1 Å². The molecule has 48 heavy (non-hydrogen) atoms. The summed E-state index contributed by atoms with van der Waals surface area (Å²) in [6.45, 7) is 11.4. The number of rotatable bonds is 15. The molecule has 0 aliphatic heterocycles. The van der Waals surface area contributed by atoms with Crippen LogP contribution >= 0.6 is 0 Å². The van der Waals surface area contributed by atoms with Crippen LogP contribution in [0.2, 0.25) is 0 Å². The number of esters is 3. The van der Waals surface area contributed by atoms with Crippen LogP contribution in [0.15, 0.2) is 77.8 Å². The van der Waals surface area contributed by atoms with E-state index < -0.39 is 28.3 Å². The fourth-order valence-electron chi connectivity index (χ4n) is 5.19. The zero-order chi connectivity index (χ0) is 35.5. The first-order chi connectivity index (χ1) is 22.7. The molecule has 0 heterocycles. The van der Waals surface area contributed by atoms with Gasteiger partial charge in [0.2, 0.25) is 12.9 Å². The molecule has 1 unspecified atom stereocenters. The summed E-state index contributed by atoms with van der Waals surface area (Å²) in [5.74, 6) is -0.593. The van der Waals surface area contributed by atoms with E-state index in [1.165, 1.54) is 32.4 Å². The number of aliphatic imine (C=N–C) groups is 1. The average molecular weight is 658 g/mol. The molecule has 0 saturated carbocycles. The number of hydrogen-bond donors (Lipinski definition) is 0. The van der Waals surface area contributed by atoms with Gasteiger partial charge in [-0.15, -0.1) is 0 Å². The van der Waals surface area contributed by atoms with E-state index in [9.17, 15) is 19.2 Å². The topological polar surface area (TPSA) is 127 Å². The highest BCUT2D eigenvalue weighted by Crippen LogP contribution is 2.41. The Bertz CT molecular complexity index is 1680. The Hall–Kier alpha value is -5.21. The van der Waals surface area contributed by atoms with Crippen molar-refractivity contribution in [2.45, 2.75) is 65.3 Å². The standard InChI is InChI=1S/C38H43NO9/c1-9-38(6,23-36(2,3)28-11-10-12-29(22-28)37(4,5)39-24-40)35(43)47-25-46-30-17-15-27(16-18-30)34(42)48-31-19-13-26(21-32(31)44-7)14-20-33(41)45-8/h10-22H,9,23,25H2,1-8H3/b20-14+. The van der Waals surface area contributed by atoms with Crippen molar-refractivity contribution in [3.63, 3.8) is 0 Å². The van der Waals surface area contributed by atoms with Crippen LogP contribution in [0.3, 0.4) is 0 Å². The maximum atomic E-state index is 13.3. The smallest absolute Gasteiger partial charge is 0.343 e. The van der Waals surface area contributed by atoms with E-state index in [2.05, 4.69) is 23.6 Å². The van der Waals surface area contributed by atoms with Crippen LogP contribution in [0.1, 0.15) is 81.4 Å². The Balaban J connectivity index is 1.60. The summed E-state index contributed by atoms with van der Waals surface area (Å²) in [6, 6.07) is 19.0. The van der Waals surface area contributed by atoms with Crippen LogP contribution in [0, 0.1) is 5.41 Å². The third-order valence-electron chi connectivity index (χ3n) is 8.29. The molecule has 3 aromatic rings. The maximum absolute atomic E-state index is 13.3. The molecule has 0 fully saturated rings. The molecule has 0 bridgehead atoms. The zero-order valence-corrected chi connectivity index (χ0v) is 28.7. The monoisotopic (exact) mass is 657 g/mol. The first kappa shape index (κ1) is 37.2. The molecule has 254 valence electrons. The van der Waals surface area contributed by atoms with Gasteiger partial charge in [-0.3, -0.25) is 4.79 Å². The second-order valence-corrected chi connectivity index (χ2v) is 12.7. The molecule has 0 N–H and O–H groups in total. The lowest BCUT2D eigenvalue weighted by molar-refractivity contribution is -0.163. The van der Waals surface area contributed by atoms with Crippen molar-refractivity contribution in [2.24, 2.45) is 10.4 Å². The van der Waals surface area contributed by atoms with E-state index in [1.807, 2.05) is 52.0 Å². The number of methoxy groups -OCH3 is 2. The molecule has 0 aliphatic carbocycles. The minimum Gasteiger partial charge on any atom is -0.493 e. The van der Waals surface area contributed by atoms with Gasteiger partial charge in [0.05, 0.1) is 30.7 Å². The van der Waals surface area contributed by atoms with E-state index in [4.69, 9.17) is 18.9 Å². The Labute approximate surface area is 281 Å². The quantitative estimate of drug-likeness (QED) is 0.0412. The third kappa shape index (κ3) is 9.65. The van der Waals surface area contributed by atoms with Gasteiger partial charge in [-0.2, -0.15) is 4.99 Å². The van der Waals surface area contributed by atoms with Crippen molar-refractivity contribution in [3.8, 4) is 17.2 Å². The van der Waals surface area contributed by atoms with Gasteiger partial charge in [0, 0.05) is 6.08 Å². The summed E-state index contributed by atoms with van der Waals surface area (Å²) in [5, 5.41) is 0. The minimum atomic E-state index is -0.802. The van der Waals surface area contributed by atoms with Gasteiger partial charge in [0.25, 0.3) is 0 Å². The van der Waals surface area contributed by atoms with Gasteiger partial charge in [0.15, 0.2) is 11.5 Å². The number of hydrogen-bond acceptors (Lipinski definition) is 10. The van der Waals surface area contributed by atoms with E-state index in [1.54, 1.807) is 42.5 Å². The van der Waals surface area contributed by atoms with Crippen LogP contribution < -0.4 is 14.2 Å². The molecule has 0 amide bonds. The fourth-order valence-corrected chi connectivity index (χ4v) is 5.19. The van der Waals surface area contributed by atoms with Crippen LogP contribution in [0.4, 0.5) is 0 Å². The van der Waals surface area contributed by atoms with Gasteiger partial charge < -0.3 is 23.7 Å². The largest absolute Gasteiger partial charge is 0.493 e. The molecule has 3 rings (SSSR count). The average Bonchev–Trinajstić information content (AvgIpc) is 3.07. The first-order valence-electron chi connectivity index (χ1n) is 15.4. The summed E-state index contributed by atoms with van der Waals surface area (Å²) in [6.07, 6.45) is 5.52. The van der Waals surface area contributed by atoms with Crippen molar-refractivity contribution in [2.75, 3.05) is 21.0 Å². The Kier molecular flexibility index (Phi) is 12.5. The number of carbonyl (C=O) groups is 3. The van der Waals surface area contributed by atoms with Crippen LogP contribution in [-0.2, 0) is 34.8 Å². The zero-order valence-electron chi connectivity index (χ0n) is 28.7. The molecule has 0 aliphatic rings. The Morgan fingerprint density at radius 1 is 0.875 bits per heavy atom. The second kappa shape index (κ2) is 16.1. The van der Waals surface area contributed by atoms with Crippen LogP contribution in [0.5, 0.6) is 17.2 Å². The number of benzene rings is 3. The molecule has 0 saturated heterocycles. The molecule has 1 atom stereocenters. The van der Waals surface area contributed by atoms with Crippen molar-refractivity contribution in [3.05, 3.63) is 95.1 Å². The second-order valence-electron chi connectivity index (χ2n) is 12.7. The minimum absolute atomic E-state index is 0.204. The molecule has 10 nitrogen and oxygen atoms in total. The summed E-state index contributed by atoms with van der Waals surface area (Å²) in [7, 11) is 2.73. The molecule has 3 aromatic carbocycles. The summed E-state index contributed by atoms with van der Waals surface area (Å²) < 4.78 is 26.7. The van der Waals surface area contributed by atoms with Crippen molar-refractivity contribution in [1.29, 1.82) is 0 Å². The number of nitrogens with zero attached hydrogens (tertiary/aromatic N) is 1. The summed E-state index contributed by atoms with van der Waals surface area (Å²) in [4.78, 5) is 52.4. The van der Waals surface area contributed by atoms with Crippen LogP contribution in [0.25, 0.3) is 6.08 Å². The molecule has 0 radical (unpaired) electrons. The molecule has 0 spiro atoms. The van der Waals surface area contributed by atoms with Gasteiger partial charge in [0.1, 0.15) is 5.75 Å². The summed E-state index contributed by atoms with van der Waals surface area (Å²) >= 11 is 0. The molecule has 0 aromatic heterocycles. The number of isocyanates is 1. The van der Waals surface area contributed by atoms with Gasteiger partial charge >= 0.3 is 17.9 Å². The SMILES string of the molecule is CCC(C)(CC(C)(C)c1cccc(C(C)(C)N=C=O)c1)C(=O)OCOc1ccc(C(=O)Oc2ccc(/C=C/C(=O)OC)cc2OC)cc1. The lowest BCUT2D eigenvalue weighted by Gasteiger charge is -2.36. The predicted octanol–water partition coefficient (Wildman–Crippen LogP) is 7.34. The predicted molar refractivity (Wildman–Crippen MR) is 181 cm³/mol. The lowest BCUT2D eigenvalue weighted by atomic mass is 9.69.